The highest BCUT2D eigenvalue weighted by atomic mass is 16.5. The lowest BCUT2D eigenvalue weighted by molar-refractivity contribution is -0.129. The molecule has 1 atom stereocenters. The van der Waals surface area contributed by atoms with Crippen LogP contribution in [0.25, 0.3) is 6.08 Å². The van der Waals surface area contributed by atoms with Gasteiger partial charge in [-0.25, -0.2) is 0 Å². The van der Waals surface area contributed by atoms with Gasteiger partial charge in [-0.2, -0.15) is 0 Å². The van der Waals surface area contributed by atoms with E-state index in [0.717, 1.165) is 31.4 Å². The molecule has 0 radical (unpaired) electrons. The standard InChI is InChI=1S/C18H25NO3/c1-4-15-7-5-6-12-19(15)18(20)11-9-14-8-10-16(21-2)17(13-14)22-3/h8-11,13,15H,4-7,12H2,1-3H3/b11-9+/t15-/m1/s1. The maximum atomic E-state index is 12.4. The maximum absolute atomic E-state index is 12.4. The van der Waals surface area contributed by atoms with E-state index >= 15 is 0 Å². The van der Waals surface area contributed by atoms with E-state index in [9.17, 15) is 4.79 Å². The van der Waals surface area contributed by atoms with E-state index in [1.807, 2.05) is 29.2 Å². The Bertz CT molecular complexity index is 539. The number of likely N-dealkylation sites (tertiary alicyclic amines) is 1. The second-order valence-electron chi connectivity index (χ2n) is 5.54. The Balaban J connectivity index is 2.08. The molecule has 0 unspecified atom stereocenters. The van der Waals surface area contributed by atoms with Crippen molar-refractivity contribution in [3.63, 3.8) is 0 Å². The number of hydrogen-bond donors (Lipinski definition) is 0. The minimum atomic E-state index is 0.0985. The van der Waals surface area contributed by atoms with Gasteiger partial charge in [-0.3, -0.25) is 4.79 Å². The molecule has 0 saturated carbocycles. The first kappa shape index (κ1) is 16.4. The number of benzene rings is 1. The lowest BCUT2D eigenvalue weighted by atomic mass is 10.00. The van der Waals surface area contributed by atoms with Gasteiger partial charge in [-0.05, 0) is 49.5 Å². The number of carbonyl (C=O) groups is 1. The number of carbonyl (C=O) groups excluding carboxylic acids is 1. The zero-order valence-corrected chi connectivity index (χ0v) is 13.7. The molecule has 1 heterocycles. The van der Waals surface area contributed by atoms with Gasteiger partial charge in [0.2, 0.25) is 5.91 Å². The molecule has 120 valence electrons. The van der Waals surface area contributed by atoms with Gasteiger partial charge < -0.3 is 14.4 Å². The second-order valence-corrected chi connectivity index (χ2v) is 5.54. The van der Waals surface area contributed by atoms with Crippen LogP contribution < -0.4 is 9.47 Å². The summed E-state index contributed by atoms with van der Waals surface area (Å²) in [7, 11) is 3.22. The first-order valence-corrected chi connectivity index (χ1v) is 7.90. The molecule has 0 aliphatic carbocycles. The van der Waals surface area contributed by atoms with Crippen molar-refractivity contribution in [1.82, 2.24) is 4.90 Å². The smallest absolute Gasteiger partial charge is 0.246 e. The van der Waals surface area contributed by atoms with Crippen LogP contribution in [0.2, 0.25) is 0 Å². The topological polar surface area (TPSA) is 38.8 Å². The molecule has 4 nitrogen and oxygen atoms in total. The summed E-state index contributed by atoms with van der Waals surface area (Å²) in [5.74, 6) is 1.45. The van der Waals surface area contributed by atoms with Crippen LogP contribution in [0.1, 0.15) is 38.2 Å². The molecule has 1 aromatic rings. The van der Waals surface area contributed by atoms with E-state index < -0.39 is 0 Å². The summed E-state index contributed by atoms with van der Waals surface area (Å²) in [6.45, 7) is 3.02. The zero-order valence-electron chi connectivity index (χ0n) is 13.7. The van der Waals surface area contributed by atoms with Gasteiger partial charge in [0.25, 0.3) is 0 Å². The van der Waals surface area contributed by atoms with Crippen LogP contribution in [0.3, 0.4) is 0 Å². The summed E-state index contributed by atoms with van der Waals surface area (Å²) in [6, 6.07) is 6.02. The fourth-order valence-corrected chi connectivity index (χ4v) is 2.93. The highest BCUT2D eigenvalue weighted by Crippen LogP contribution is 2.28. The van der Waals surface area contributed by atoms with E-state index in [2.05, 4.69) is 6.92 Å². The summed E-state index contributed by atoms with van der Waals surface area (Å²) < 4.78 is 10.5. The third-order valence-electron chi connectivity index (χ3n) is 4.21. The Labute approximate surface area is 132 Å². The summed E-state index contributed by atoms with van der Waals surface area (Å²) in [5, 5.41) is 0. The highest BCUT2D eigenvalue weighted by Gasteiger charge is 2.23. The fourth-order valence-electron chi connectivity index (χ4n) is 2.93. The molecule has 0 N–H and O–H groups in total. The molecule has 1 aromatic carbocycles. The van der Waals surface area contributed by atoms with Crippen molar-refractivity contribution in [3.8, 4) is 11.5 Å². The molecule has 2 rings (SSSR count). The van der Waals surface area contributed by atoms with Gasteiger partial charge >= 0.3 is 0 Å². The Morgan fingerprint density at radius 1 is 1.27 bits per heavy atom. The van der Waals surface area contributed by atoms with E-state index in [1.54, 1.807) is 20.3 Å². The van der Waals surface area contributed by atoms with Crippen molar-refractivity contribution in [2.24, 2.45) is 0 Å². The van der Waals surface area contributed by atoms with Crippen LogP contribution in [0.15, 0.2) is 24.3 Å². The number of methoxy groups -OCH3 is 2. The predicted molar refractivity (Wildman–Crippen MR) is 88.2 cm³/mol. The van der Waals surface area contributed by atoms with Gasteiger partial charge in [-0.1, -0.05) is 13.0 Å². The molecule has 0 bridgehead atoms. The monoisotopic (exact) mass is 303 g/mol. The molecule has 1 aliphatic rings. The minimum Gasteiger partial charge on any atom is -0.493 e. The SMILES string of the molecule is CC[C@@H]1CCCCN1C(=O)/C=C/c1ccc(OC)c(OC)c1. The number of amides is 1. The molecule has 1 aliphatic heterocycles. The Kier molecular flexibility index (Phi) is 5.87. The van der Waals surface area contributed by atoms with Crippen molar-refractivity contribution < 1.29 is 14.3 Å². The van der Waals surface area contributed by atoms with Crippen LogP contribution >= 0.6 is 0 Å². The molecule has 0 aromatic heterocycles. The molecule has 1 amide bonds. The van der Waals surface area contributed by atoms with Crippen LogP contribution in [-0.2, 0) is 4.79 Å². The summed E-state index contributed by atoms with van der Waals surface area (Å²) in [6.07, 6.45) is 7.97. The summed E-state index contributed by atoms with van der Waals surface area (Å²) in [4.78, 5) is 14.4. The average Bonchev–Trinajstić information content (AvgIpc) is 2.59. The average molecular weight is 303 g/mol. The van der Waals surface area contributed by atoms with Gasteiger partial charge in [0.15, 0.2) is 11.5 Å². The molecular formula is C18H25NO3. The van der Waals surface area contributed by atoms with Crippen LogP contribution in [-0.4, -0.2) is 37.6 Å². The number of hydrogen-bond acceptors (Lipinski definition) is 3. The molecule has 0 spiro atoms. The van der Waals surface area contributed by atoms with Gasteiger partial charge in [0.1, 0.15) is 0 Å². The van der Waals surface area contributed by atoms with E-state index in [4.69, 9.17) is 9.47 Å². The Morgan fingerprint density at radius 3 is 2.73 bits per heavy atom. The van der Waals surface area contributed by atoms with Crippen molar-refractivity contribution in [2.75, 3.05) is 20.8 Å². The van der Waals surface area contributed by atoms with Crippen molar-refractivity contribution >= 4 is 12.0 Å². The van der Waals surface area contributed by atoms with Gasteiger partial charge in [0.05, 0.1) is 14.2 Å². The second kappa shape index (κ2) is 7.87. The largest absolute Gasteiger partial charge is 0.493 e. The van der Waals surface area contributed by atoms with E-state index in [0.29, 0.717) is 17.5 Å². The van der Waals surface area contributed by atoms with Crippen LogP contribution in [0.5, 0.6) is 11.5 Å². The third-order valence-corrected chi connectivity index (χ3v) is 4.21. The lowest BCUT2D eigenvalue weighted by Gasteiger charge is -2.34. The zero-order chi connectivity index (χ0) is 15.9. The van der Waals surface area contributed by atoms with E-state index in [1.165, 1.54) is 6.42 Å². The van der Waals surface area contributed by atoms with Crippen molar-refractivity contribution in [1.29, 1.82) is 0 Å². The molecule has 22 heavy (non-hydrogen) atoms. The first-order valence-electron chi connectivity index (χ1n) is 7.90. The lowest BCUT2D eigenvalue weighted by Crippen LogP contribution is -2.42. The number of piperidine rings is 1. The molecule has 1 saturated heterocycles. The normalized spacial score (nSPS) is 18.5. The number of nitrogens with zero attached hydrogens (tertiary/aromatic N) is 1. The molecule has 1 fully saturated rings. The minimum absolute atomic E-state index is 0.0985. The van der Waals surface area contributed by atoms with Gasteiger partial charge in [-0.15, -0.1) is 0 Å². The van der Waals surface area contributed by atoms with E-state index in [-0.39, 0.29) is 5.91 Å². The molecule has 4 heteroatoms. The van der Waals surface area contributed by atoms with Gasteiger partial charge in [0, 0.05) is 18.7 Å². The highest BCUT2D eigenvalue weighted by molar-refractivity contribution is 5.92. The molecular weight excluding hydrogens is 278 g/mol. The van der Waals surface area contributed by atoms with Crippen LogP contribution in [0, 0.1) is 0 Å². The Morgan fingerprint density at radius 2 is 2.05 bits per heavy atom. The summed E-state index contributed by atoms with van der Waals surface area (Å²) >= 11 is 0. The maximum Gasteiger partial charge on any atom is 0.246 e. The fraction of sp³-hybridized carbons (Fsp3) is 0.500. The number of rotatable bonds is 5. The van der Waals surface area contributed by atoms with Crippen molar-refractivity contribution in [2.45, 2.75) is 38.6 Å². The summed E-state index contributed by atoms with van der Waals surface area (Å²) in [5.41, 5.74) is 0.927. The Hall–Kier alpha value is -1.97. The quantitative estimate of drug-likeness (QED) is 0.781. The predicted octanol–water partition coefficient (Wildman–Crippen LogP) is 3.51. The van der Waals surface area contributed by atoms with Crippen molar-refractivity contribution in [3.05, 3.63) is 29.8 Å². The van der Waals surface area contributed by atoms with Crippen LogP contribution in [0.4, 0.5) is 0 Å². The number of ether oxygens (including phenoxy) is 2. The third kappa shape index (κ3) is 3.81. The first-order chi connectivity index (χ1) is 10.7.